The van der Waals surface area contributed by atoms with E-state index < -0.39 is 0 Å². The van der Waals surface area contributed by atoms with Gasteiger partial charge in [0.05, 0.1) is 23.3 Å². The Balaban J connectivity index is 1.96. The SMILES string of the molecule is Cc1c(OCCCl)ccnc1N(C)c1cnc2ccccc2c1. The second-order valence-corrected chi connectivity index (χ2v) is 5.62. The van der Waals surface area contributed by atoms with Crippen LogP contribution in [0.25, 0.3) is 10.9 Å². The van der Waals surface area contributed by atoms with Gasteiger partial charge in [0.15, 0.2) is 0 Å². The number of nitrogens with zero attached hydrogens (tertiary/aromatic N) is 3. The van der Waals surface area contributed by atoms with Crippen molar-refractivity contribution in [3.8, 4) is 5.75 Å². The van der Waals surface area contributed by atoms with E-state index >= 15 is 0 Å². The van der Waals surface area contributed by atoms with Crippen molar-refractivity contribution >= 4 is 34.0 Å². The molecule has 0 bridgehead atoms. The lowest BCUT2D eigenvalue weighted by atomic mass is 10.2. The van der Waals surface area contributed by atoms with Gasteiger partial charge in [-0.3, -0.25) is 4.98 Å². The molecule has 0 aliphatic rings. The summed E-state index contributed by atoms with van der Waals surface area (Å²) in [7, 11) is 1.98. The quantitative estimate of drug-likeness (QED) is 0.654. The number of anilines is 2. The highest BCUT2D eigenvalue weighted by atomic mass is 35.5. The molecule has 0 N–H and O–H groups in total. The monoisotopic (exact) mass is 327 g/mol. The van der Waals surface area contributed by atoms with Crippen molar-refractivity contribution in [2.75, 3.05) is 24.4 Å². The maximum Gasteiger partial charge on any atom is 0.139 e. The molecule has 3 rings (SSSR count). The van der Waals surface area contributed by atoms with Gasteiger partial charge in [-0.15, -0.1) is 11.6 Å². The van der Waals surface area contributed by atoms with Crippen LogP contribution in [0, 0.1) is 6.92 Å². The average Bonchev–Trinajstić information content (AvgIpc) is 2.60. The van der Waals surface area contributed by atoms with Crippen LogP contribution in [0.15, 0.2) is 48.8 Å². The van der Waals surface area contributed by atoms with Gasteiger partial charge < -0.3 is 9.64 Å². The predicted octanol–water partition coefficient (Wildman–Crippen LogP) is 4.32. The maximum absolute atomic E-state index is 5.70. The first-order chi connectivity index (χ1) is 11.2. The standard InChI is InChI=1S/C18H18ClN3O/c1-13-17(23-10-8-19)7-9-20-18(13)22(2)15-11-14-5-3-4-6-16(14)21-12-15/h3-7,9,11-12H,8,10H2,1-2H3. The molecule has 0 saturated carbocycles. The Labute approximate surface area is 140 Å². The summed E-state index contributed by atoms with van der Waals surface area (Å²) >= 11 is 5.70. The van der Waals surface area contributed by atoms with Crippen LogP contribution < -0.4 is 9.64 Å². The zero-order valence-electron chi connectivity index (χ0n) is 13.2. The fraction of sp³-hybridized carbons (Fsp3) is 0.222. The van der Waals surface area contributed by atoms with Crippen LogP contribution in [-0.4, -0.2) is 29.5 Å². The van der Waals surface area contributed by atoms with Crippen molar-refractivity contribution in [1.29, 1.82) is 0 Å². The van der Waals surface area contributed by atoms with Gasteiger partial charge in [0.25, 0.3) is 0 Å². The third kappa shape index (κ3) is 3.22. The number of para-hydroxylation sites is 1. The Morgan fingerprint density at radius 1 is 1.17 bits per heavy atom. The lowest BCUT2D eigenvalue weighted by Gasteiger charge is -2.21. The van der Waals surface area contributed by atoms with Gasteiger partial charge in [-0.1, -0.05) is 18.2 Å². The van der Waals surface area contributed by atoms with E-state index in [9.17, 15) is 0 Å². The van der Waals surface area contributed by atoms with Crippen LogP contribution in [0.2, 0.25) is 0 Å². The van der Waals surface area contributed by atoms with Crippen molar-refractivity contribution in [3.05, 3.63) is 54.4 Å². The summed E-state index contributed by atoms with van der Waals surface area (Å²) in [4.78, 5) is 11.0. The van der Waals surface area contributed by atoms with E-state index in [0.717, 1.165) is 33.7 Å². The number of ether oxygens (including phenoxy) is 1. The Morgan fingerprint density at radius 2 is 2.00 bits per heavy atom. The lowest BCUT2D eigenvalue weighted by molar-refractivity contribution is 0.340. The van der Waals surface area contributed by atoms with E-state index in [1.165, 1.54) is 0 Å². The Hall–Kier alpha value is -2.33. The molecule has 118 valence electrons. The smallest absolute Gasteiger partial charge is 0.139 e. The first kappa shape index (κ1) is 15.6. The first-order valence-electron chi connectivity index (χ1n) is 7.43. The molecule has 0 fully saturated rings. The molecule has 23 heavy (non-hydrogen) atoms. The molecule has 0 amide bonds. The first-order valence-corrected chi connectivity index (χ1v) is 7.97. The van der Waals surface area contributed by atoms with Gasteiger partial charge in [-0.2, -0.15) is 0 Å². The van der Waals surface area contributed by atoms with Gasteiger partial charge >= 0.3 is 0 Å². The number of alkyl halides is 1. The van der Waals surface area contributed by atoms with Gasteiger partial charge in [-0.05, 0) is 25.1 Å². The van der Waals surface area contributed by atoms with Crippen molar-refractivity contribution in [3.63, 3.8) is 0 Å². The largest absolute Gasteiger partial charge is 0.492 e. The minimum Gasteiger partial charge on any atom is -0.492 e. The fourth-order valence-electron chi connectivity index (χ4n) is 2.52. The van der Waals surface area contributed by atoms with E-state index in [0.29, 0.717) is 12.5 Å². The zero-order valence-corrected chi connectivity index (χ0v) is 13.9. The molecule has 0 atom stereocenters. The molecule has 2 heterocycles. The number of pyridine rings is 2. The summed E-state index contributed by atoms with van der Waals surface area (Å²) in [5.41, 5.74) is 2.94. The van der Waals surface area contributed by atoms with Gasteiger partial charge in [0, 0.05) is 24.2 Å². The van der Waals surface area contributed by atoms with E-state index in [1.54, 1.807) is 6.20 Å². The fourth-order valence-corrected chi connectivity index (χ4v) is 2.59. The highest BCUT2D eigenvalue weighted by molar-refractivity contribution is 6.18. The third-order valence-corrected chi connectivity index (χ3v) is 3.90. The van der Waals surface area contributed by atoms with Crippen LogP contribution in [-0.2, 0) is 0 Å². The maximum atomic E-state index is 5.70. The second kappa shape index (κ2) is 6.84. The van der Waals surface area contributed by atoms with Gasteiger partial charge in [0.2, 0.25) is 0 Å². The minimum atomic E-state index is 0.460. The van der Waals surface area contributed by atoms with Crippen molar-refractivity contribution in [1.82, 2.24) is 9.97 Å². The predicted molar refractivity (Wildman–Crippen MR) is 95.0 cm³/mol. The molecule has 4 nitrogen and oxygen atoms in total. The van der Waals surface area contributed by atoms with Crippen LogP contribution >= 0.6 is 11.6 Å². The molecule has 0 radical (unpaired) electrons. The highest BCUT2D eigenvalue weighted by Crippen LogP contribution is 2.30. The number of hydrogen-bond acceptors (Lipinski definition) is 4. The summed E-state index contributed by atoms with van der Waals surface area (Å²) in [6.07, 6.45) is 3.60. The molecule has 0 aliphatic carbocycles. The molecular weight excluding hydrogens is 310 g/mol. The lowest BCUT2D eigenvalue weighted by Crippen LogP contribution is -2.14. The number of fused-ring (bicyclic) bond motifs is 1. The molecular formula is C18H18ClN3O. The summed E-state index contributed by atoms with van der Waals surface area (Å²) in [6, 6.07) is 12.0. The molecule has 5 heteroatoms. The van der Waals surface area contributed by atoms with Crippen molar-refractivity contribution in [2.24, 2.45) is 0 Å². The molecule has 2 aromatic heterocycles. The summed E-state index contributed by atoms with van der Waals surface area (Å²) in [5, 5.41) is 1.10. The van der Waals surface area contributed by atoms with Crippen molar-refractivity contribution < 1.29 is 4.74 Å². The number of halogens is 1. The minimum absolute atomic E-state index is 0.460. The molecule has 0 unspecified atom stereocenters. The van der Waals surface area contributed by atoms with Crippen LogP contribution in [0.5, 0.6) is 5.75 Å². The molecule has 3 aromatic rings. The zero-order chi connectivity index (χ0) is 16.2. The summed E-state index contributed by atoms with van der Waals surface area (Å²) < 4.78 is 5.67. The van der Waals surface area contributed by atoms with E-state index in [1.807, 2.05) is 49.3 Å². The molecule has 0 aliphatic heterocycles. The van der Waals surface area contributed by atoms with Gasteiger partial charge in [0.1, 0.15) is 18.2 Å². The Bertz CT molecular complexity index is 822. The van der Waals surface area contributed by atoms with Gasteiger partial charge in [-0.25, -0.2) is 4.98 Å². The second-order valence-electron chi connectivity index (χ2n) is 5.24. The number of benzene rings is 1. The summed E-state index contributed by atoms with van der Waals surface area (Å²) in [5.74, 6) is 2.10. The molecule has 0 saturated heterocycles. The Kier molecular flexibility index (Phi) is 4.63. The molecule has 1 aromatic carbocycles. The number of aromatic nitrogens is 2. The normalized spacial score (nSPS) is 10.7. The van der Waals surface area contributed by atoms with Crippen LogP contribution in [0.3, 0.4) is 0 Å². The average molecular weight is 328 g/mol. The summed E-state index contributed by atoms with van der Waals surface area (Å²) in [6.45, 7) is 2.48. The topological polar surface area (TPSA) is 38.2 Å². The molecule has 0 spiro atoms. The number of hydrogen-bond donors (Lipinski definition) is 0. The van der Waals surface area contributed by atoms with E-state index in [-0.39, 0.29) is 0 Å². The highest BCUT2D eigenvalue weighted by Gasteiger charge is 2.13. The van der Waals surface area contributed by atoms with Crippen molar-refractivity contribution in [2.45, 2.75) is 6.92 Å². The van der Waals surface area contributed by atoms with E-state index in [4.69, 9.17) is 16.3 Å². The van der Waals surface area contributed by atoms with Crippen LogP contribution in [0.4, 0.5) is 11.5 Å². The van der Waals surface area contributed by atoms with Crippen LogP contribution in [0.1, 0.15) is 5.56 Å². The third-order valence-electron chi connectivity index (χ3n) is 3.74. The number of rotatable bonds is 5. The Morgan fingerprint density at radius 3 is 2.83 bits per heavy atom. The van der Waals surface area contributed by atoms with E-state index in [2.05, 4.69) is 22.1 Å².